The molecule has 0 spiro atoms. The van der Waals surface area contributed by atoms with Gasteiger partial charge in [0.05, 0.1) is 13.7 Å². The average molecular weight is 321 g/mol. The molecule has 0 radical (unpaired) electrons. The first-order valence-electron chi connectivity index (χ1n) is 5.03. The van der Waals surface area contributed by atoms with Gasteiger partial charge in [-0.1, -0.05) is 0 Å². The fraction of sp³-hybridized carbons (Fsp3) is 1.00. The van der Waals surface area contributed by atoms with Gasteiger partial charge in [-0.25, -0.2) is 0 Å². The summed E-state index contributed by atoms with van der Waals surface area (Å²) in [6.45, 7) is -0.216. The minimum absolute atomic E-state index is 0.216. The van der Waals surface area contributed by atoms with Crippen LogP contribution in [0.2, 0.25) is 0 Å². The number of nitrogens with one attached hydrogen (secondary N) is 1. The van der Waals surface area contributed by atoms with E-state index in [2.05, 4.69) is 4.18 Å². The molecule has 1 fully saturated rings. The summed E-state index contributed by atoms with van der Waals surface area (Å²) in [5, 5.41) is 28.9. The first-order chi connectivity index (χ1) is 8.76. The first-order valence-corrected chi connectivity index (χ1v) is 7.13. The Kier molecular flexibility index (Phi) is 6.38. The predicted octanol–water partition coefficient (Wildman–Crippen LogP) is -2.59. The van der Waals surface area contributed by atoms with Crippen molar-refractivity contribution in [3.63, 3.8) is 0 Å². The minimum atomic E-state index is -4.67. The van der Waals surface area contributed by atoms with Crippen LogP contribution >= 0.6 is 12.3 Å². The maximum atomic E-state index is 10.6. The van der Waals surface area contributed by atoms with Crippen LogP contribution in [0.1, 0.15) is 0 Å². The Morgan fingerprint density at radius 2 is 1.95 bits per heavy atom. The number of aliphatic hydroxyl groups excluding tert-OH is 3. The van der Waals surface area contributed by atoms with Crippen molar-refractivity contribution in [2.45, 2.75) is 30.6 Å². The van der Waals surface area contributed by atoms with Crippen LogP contribution in [0.5, 0.6) is 0 Å². The summed E-state index contributed by atoms with van der Waals surface area (Å²) in [5.41, 5.74) is 0. The van der Waals surface area contributed by atoms with Crippen LogP contribution in [-0.2, 0) is 23.4 Å². The SMILES string of the molecule is COSOC[C@H]1O[C@H](O)[C@H](NS(=O)(=O)O)[C@@H](O)[C@@H]1O. The molecule has 0 unspecified atom stereocenters. The van der Waals surface area contributed by atoms with Gasteiger partial charge in [0, 0.05) is 0 Å². The van der Waals surface area contributed by atoms with Crippen LogP contribution in [0.25, 0.3) is 0 Å². The largest absolute Gasteiger partial charge is 0.388 e. The Balaban J connectivity index is 2.64. The lowest BCUT2D eigenvalue weighted by molar-refractivity contribution is -0.249. The Labute approximate surface area is 114 Å². The molecular weight excluding hydrogens is 306 g/mol. The molecule has 0 bridgehead atoms. The van der Waals surface area contributed by atoms with E-state index >= 15 is 0 Å². The first kappa shape index (κ1) is 17.0. The van der Waals surface area contributed by atoms with E-state index in [1.807, 2.05) is 0 Å². The van der Waals surface area contributed by atoms with Gasteiger partial charge in [-0.15, -0.1) is 0 Å². The van der Waals surface area contributed by atoms with Gasteiger partial charge in [-0.05, 0) is 0 Å². The molecule has 12 heteroatoms. The molecule has 5 N–H and O–H groups in total. The van der Waals surface area contributed by atoms with E-state index < -0.39 is 40.9 Å². The Hall–Kier alpha value is -0.0200. The van der Waals surface area contributed by atoms with Crippen LogP contribution in [0.15, 0.2) is 0 Å². The van der Waals surface area contributed by atoms with Crippen molar-refractivity contribution in [2.75, 3.05) is 13.7 Å². The molecule has 0 aromatic rings. The van der Waals surface area contributed by atoms with Crippen molar-refractivity contribution in [3.05, 3.63) is 0 Å². The van der Waals surface area contributed by atoms with Crippen LogP contribution in [0.3, 0.4) is 0 Å². The van der Waals surface area contributed by atoms with Crippen molar-refractivity contribution < 1.29 is 41.4 Å². The van der Waals surface area contributed by atoms with E-state index in [4.69, 9.17) is 13.5 Å². The predicted molar refractivity (Wildman–Crippen MR) is 61.9 cm³/mol. The monoisotopic (exact) mass is 321 g/mol. The zero-order valence-corrected chi connectivity index (χ0v) is 11.4. The smallest absolute Gasteiger partial charge is 0.333 e. The fourth-order valence-electron chi connectivity index (χ4n) is 1.53. The Bertz CT molecular complexity index is 377. The van der Waals surface area contributed by atoms with E-state index in [1.165, 1.54) is 7.11 Å². The van der Waals surface area contributed by atoms with Gasteiger partial charge in [0.25, 0.3) is 0 Å². The third kappa shape index (κ3) is 5.11. The number of aliphatic hydroxyl groups is 3. The van der Waals surface area contributed by atoms with Crippen LogP contribution in [-0.4, -0.2) is 72.7 Å². The van der Waals surface area contributed by atoms with Crippen molar-refractivity contribution in [3.8, 4) is 0 Å². The van der Waals surface area contributed by atoms with Crippen LogP contribution < -0.4 is 4.72 Å². The lowest BCUT2D eigenvalue weighted by atomic mass is 9.98. The maximum Gasteiger partial charge on any atom is 0.333 e. The van der Waals surface area contributed by atoms with Crippen molar-refractivity contribution >= 4 is 22.6 Å². The van der Waals surface area contributed by atoms with Crippen LogP contribution in [0, 0.1) is 0 Å². The molecule has 0 aromatic heterocycles. The lowest BCUT2D eigenvalue weighted by Crippen LogP contribution is -2.64. The number of hydrogen-bond donors (Lipinski definition) is 5. The van der Waals surface area contributed by atoms with E-state index in [0.717, 1.165) is 0 Å². The molecule has 10 nitrogen and oxygen atoms in total. The summed E-state index contributed by atoms with van der Waals surface area (Å²) in [5.74, 6) is 0. The molecule has 0 saturated carbocycles. The van der Waals surface area contributed by atoms with Crippen molar-refractivity contribution in [1.29, 1.82) is 0 Å². The summed E-state index contributed by atoms with van der Waals surface area (Å²) in [7, 11) is -3.32. The molecule has 0 aromatic carbocycles. The quantitative estimate of drug-likeness (QED) is 0.200. The normalized spacial score (nSPS) is 36.4. The molecule has 1 aliphatic heterocycles. The minimum Gasteiger partial charge on any atom is -0.388 e. The summed E-state index contributed by atoms with van der Waals surface area (Å²) >= 11 is 0.611. The van der Waals surface area contributed by atoms with E-state index in [0.29, 0.717) is 12.3 Å². The number of hydrogen-bond acceptors (Lipinski definition) is 9. The summed E-state index contributed by atoms with van der Waals surface area (Å²) < 4.78 is 45.6. The molecule has 1 rings (SSSR count). The highest BCUT2D eigenvalue weighted by molar-refractivity contribution is 7.89. The summed E-state index contributed by atoms with van der Waals surface area (Å²) in [4.78, 5) is 0. The third-order valence-electron chi connectivity index (χ3n) is 2.35. The van der Waals surface area contributed by atoms with E-state index in [1.54, 1.807) is 4.72 Å². The standard InChI is InChI=1S/C7H15NO9S2/c1-15-18-16-2-3-5(9)6(10)4(7(11)17-3)8-19(12,13)14/h3-11H,2H2,1H3,(H,12,13,14)/t3-,4-,5-,6-,7+/m1/s1. The number of rotatable bonds is 6. The molecule has 5 atom stereocenters. The highest BCUT2D eigenvalue weighted by Gasteiger charge is 2.45. The Morgan fingerprint density at radius 1 is 1.32 bits per heavy atom. The third-order valence-corrected chi connectivity index (χ3v) is 3.29. The average Bonchev–Trinajstić information content (AvgIpc) is 2.30. The Morgan fingerprint density at radius 3 is 2.47 bits per heavy atom. The number of ether oxygens (including phenoxy) is 1. The second-order valence-corrected chi connectivity index (χ2v) is 5.58. The molecule has 114 valence electrons. The summed E-state index contributed by atoms with van der Waals surface area (Å²) in [6, 6.07) is -1.60. The van der Waals surface area contributed by atoms with Gasteiger partial charge in [0.1, 0.15) is 24.4 Å². The zero-order valence-electron chi connectivity index (χ0n) is 9.74. The molecule has 0 amide bonds. The van der Waals surface area contributed by atoms with Gasteiger partial charge >= 0.3 is 10.3 Å². The molecule has 0 aliphatic carbocycles. The topological polar surface area (TPSA) is 155 Å². The van der Waals surface area contributed by atoms with Crippen molar-refractivity contribution in [2.24, 2.45) is 0 Å². The van der Waals surface area contributed by atoms with Gasteiger partial charge < -0.3 is 20.1 Å². The zero-order chi connectivity index (χ0) is 14.6. The second-order valence-electron chi connectivity index (χ2n) is 3.68. The summed E-state index contributed by atoms with van der Waals surface area (Å²) in [6.07, 6.45) is -6.07. The molecule has 1 heterocycles. The second kappa shape index (κ2) is 7.12. The van der Waals surface area contributed by atoms with Gasteiger partial charge in [-0.2, -0.15) is 13.1 Å². The van der Waals surface area contributed by atoms with E-state index in [-0.39, 0.29) is 6.61 Å². The molecule has 1 saturated heterocycles. The lowest BCUT2D eigenvalue weighted by Gasteiger charge is -2.39. The van der Waals surface area contributed by atoms with Gasteiger partial charge in [0.2, 0.25) is 0 Å². The van der Waals surface area contributed by atoms with E-state index in [9.17, 15) is 23.7 Å². The molecule has 1 aliphatic rings. The maximum absolute atomic E-state index is 10.6. The van der Waals surface area contributed by atoms with Crippen molar-refractivity contribution in [1.82, 2.24) is 4.72 Å². The molecular formula is C7H15NO9S2. The highest BCUT2D eigenvalue weighted by atomic mass is 32.2. The molecule has 19 heavy (non-hydrogen) atoms. The highest BCUT2D eigenvalue weighted by Crippen LogP contribution is 2.21. The van der Waals surface area contributed by atoms with Gasteiger partial charge in [-0.3, -0.25) is 12.9 Å². The van der Waals surface area contributed by atoms with Gasteiger partial charge in [0.15, 0.2) is 18.6 Å². The fourth-order valence-corrected chi connectivity index (χ4v) is 2.41. The van der Waals surface area contributed by atoms with Crippen LogP contribution in [0.4, 0.5) is 0 Å².